The van der Waals surface area contributed by atoms with Crippen LogP contribution in [-0.2, 0) is 9.31 Å². The van der Waals surface area contributed by atoms with Gasteiger partial charge in [-0.1, -0.05) is 60.1 Å². The Morgan fingerprint density at radius 1 is 0.789 bits per heavy atom. The molecule has 1 aromatic heterocycles. The number of nitrogens with one attached hydrogen (secondary N) is 1. The van der Waals surface area contributed by atoms with Crippen molar-refractivity contribution in [1.29, 1.82) is 0 Å². The number of nitrogens with zero attached hydrogens (tertiary/aromatic N) is 1. The van der Waals surface area contributed by atoms with E-state index in [1.54, 1.807) is 0 Å². The lowest BCUT2D eigenvalue weighted by atomic mass is 10.0. The van der Waals surface area contributed by atoms with Crippen molar-refractivity contribution in [2.75, 3.05) is 0 Å². The average Bonchev–Trinajstić information content (AvgIpc) is 3.36. The lowest BCUT2D eigenvalue weighted by Crippen LogP contribution is -2.34. The molecule has 3 heterocycles. The summed E-state index contributed by atoms with van der Waals surface area (Å²) < 4.78 is 39.9. The number of halogens is 2. The van der Waals surface area contributed by atoms with Crippen LogP contribution in [0.5, 0.6) is 0 Å². The molecule has 5 rings (SSSR count). The Kier molecular flexibility index (Phi) is 6.53. The van der Waals surface area contributed by atoms with Crippen molar-refractivity contribution in [1.82, 2.24) is 4.98 Å². The van der Waals surface area contributed by atoms with Gasteiger partial charge in [0.15, 0.2) is 0 Å². The third-order valence-electron chi connectivity index (χ3n) is 6.42. The molecule has 2 aliphatic heterocycles. The lowest BCUT2D eigenvalue weighted by molar-refractivity contribution is 0.171. The van der Waals surface area contributed by atoms with E-state index in [4.69, 9.17) is 9.31 Å². The number of aromatic nitrogens is 1. The summed E-state index contributed by atoms with van der Waals surface area (Å²) in [6.07, 6.45) is 1.44. The van der Waals surface area contributed by atoms with E-state index in [0.717, 1.165) is 28.0 Å². The lowest BCUT2D eigenvalue weighted by Gasteiger charge is -2.34. The molecular formula is C31H24BF2N2O2-. The molecule has 0 radical (unpaired) electrons. The van der Waals surface area contributed by atoms with Crippen molar-refractivity contribution in [3.05, 3.63) is 123 Å². The molecule has 0 spiro atoms. The quantitative estimate of drug-likeness (QED) is 0.291. The Morgan fingerprint density at radius 2 is 1.39 bits per heavy atom. The molecule has 2 aromatic carbocycles. The highest BCUT2D eigenvalue weighted by atomic mass is 19.3. The maximum absolute atomic E-state index is 14.9. The Hall–Kier alpha value is -4.75. The van der Waals surface area contributed by atoms with Crippen molar-refractivity contribution in [2.45, 2.75) is 27.7 Å². The molecule has 38 heavy (non-hydrogen) atoms. The van der Waals surface area contributed by atoms with Crippen LogP contribution >= 0.6 is 0 Å². The van der Waals surface area contributed by atoms with E-state index in [1.165, 1.54) is 6.08 Å². The predicted octanol–water partition coefficient (Wildman–Crippen LogP) is 6.85. The number of rotatable bonds is 1. The summed E-state index contributed by atoms with van der Waals surface area (Å²) >= 11 is 0. The maximum atomic E-state index is 14.9. The Morgan fingerprint density at radius 3 is 2.03 bits per heavy atom. The van der Waals surface area contributed by atoms with Gasteiger partial charge in [-0.2, -0.15) is 0 Å². The fourth-order valence-electron chi connectivity index (χ4n) is 4.13. The standard InChI is InChI=1S/C31H24BF2N2O2/c1-20-22(3)35-30(26(20)17-15-24-11-7-5-8-12-24)28-19-29(38-32(33,34)37-28)31-27(21(2)23(4)36-31)18-16-25-13-9-6-10-14-25/h5-14,19,35H,1-4H3/q-1/b31-29-. The van der Waals surface area contributed by atoms with E-state index in [0.29, 0.717) is 22.5 Å². The molecule has 0 saturated heterocycles. The minimum absolute atomic E-state index is 0.0647. The van der Waals surface area contributed by atoms with Gasteiger partial charge in [0.05, 0.1) is 16.8 Å². The van der Waals surface area contributed by atoms with E-state index in [-0.39, 0.29) is 17.2 Å². The molecule has 0 unspecified atom stereocenters. The van der Waals surface area contributed by atoms with Crippen LogP contribution in [0.3, 0.4) is 0 Å². The normalized spacial score (nSPS) is 17.8. The fraction of sp³-hybridized carbons (Fsp3) is 0.129. The van der Waals surface area contributed by atoms with Gasteiger partial charge in [0.1, 0.15) is 17.2 Å². The van der Waals surface area contributed by atoms with E-state index in [1.807, 2.05) is 88.4 Å². The van der Waals surface area contributed by atoms with Crippen molar-refractivity contribution >= 4 is 18.6 Å². The number of benzene rings is 2. The molecule has 0 saturated carbocycles. The van der Waals surface area contributed by atoms with Crippen molar-refractivity contribution in [3.8, 4) is 23.7 Å². The van der Waals surface area contributed by atoms with Crippen LogP contribution in [0.25, 0.3) is 5.76 Å². The Labute approximate surface area is 220 Å². The molecule has 4 nitrogen and oxygen atoms in total. The minimum atomic E-state index is -4.66. The number of hydrogen-bond acceptors (Lipinski definition) is 3. The summed E-state index contributed by atoms with van der Waals surface area (Å²) in [4.78, 5) is 7.70. The van der Waals surface area contributed by atoms with E-state index >= 15 is 0 Å². The highest BCUT2D eigenvalue weighted by molar-refractivity contribution is 6.53. The van der Waals surface area contributed by atoms with Crippen molar-refractivity contribution in [3.63, 3.8) is 0 Å². The van der Waals surface area contributed by atoms with Gasteiger partial charge in [-0.15, -0.1) is 0 Å². The van der Waals surface area contributed by atoms with Crippen molar-refractivity contribution in [2.24, 2.45) is 4.99 Å². The average molecular weight is 505 g/mol. The number of aliphatic imine (C=N–C) groups is 1. The van der Waals surface area contributed by atoms with Crippen molar-refractivity contribution < 1.29 is 17.9 Å². The second-order valence-electron chi connectivity index (χ2n) is 9.05. The van der Waals surface area contributed by atoms with Gasteiger partial charge >= 0.3 is 7.11 Å². The Balaban J connectivity index is 1.63. The summed E-state index contributed by atoms with van der Waals surface area (Å²) in [5.41, 5.74) is 6.50. The summed E-state index contributed by atoms with van der Waals surface area (Å²) in [6, 6.07) is 18.9. The van der Waals surface area contributed by atoms with Crippen LogP contribution in [0.4, 0.5) is 8.63 Å². The first-order valence-electron chi connectivity index (χ1n) is 12.2. The summed E-state index contributed by atoms with van der Waals surface area (Å²) in [7, 11) is -4.66. The van der Waals surface area contributed by atoms with E-state index in [2.05, 4.69) is 33.7 Å². The smallest absolute Gasteiger partial charge is 0.626 e. The highest BCUT2D eigenvalue weighted by Crippen LogP contribution is 2.38. The molecule has 3 aromatic rings. The van der Waals surface area contributed by atoms with Gasteiger partial charge in [0.2, 0.25) is 0 Å². The second-order valence-corrected chi connectivity index (χ2v) is 9.05. The van der Waals surface area contributed by atoms with Gasteiger partial charge in [-0.3, -0.25) is 0 Å². The summed E-state index contributed by atoms with van der Waals surface area (Å²) in [5.74, 6) is 12.3. The third kappa shape index (κ3) is 5.05. The number of allylic oxidation sites excluding steroid dienone is 3. The zero-order valence-corrected chi connectivity index (χ0v) is 21.4. The number of hydrogen-bond donors (Lipinski definition) is 1. The molecule has 7 heteroatoms. The summed E-state index contributed by atoms with van der Waals surface area (Å²) in [6.45, 7) is 7.43. The molecule has 0 aliphatic carbocycles. The first-order valence-corrected chi connectivity index (χ1v) is 12.2. The molecular weight excluding hydrogens is 481 g/mol. The van der Waals surface area contributed by atoms with Gasteiger partial charge in [0.25, 0.3) is 0 Å². The topological polar surface area (TPSA) is 46.6 Å². The number of aromatic amines is 1. The van der Waals surface area contributed by atoms with Crippen LogP contribution in [0, 0.1) is 37.5 Å². The van der Waals surface area contributed by atoms with Gasteiger partial charge in [-0.05, 0) is 63.1 Å². The van der Waals surface area contributed by atoms with Gasteiger partial charge in [-0.25, -0.2) is 4.99 Å². The van der Waals surface area contributed by atoms with Crippen LogP contribution in [0.2, 0.25) is 0 Å². The number of H-pyrrole nitrogens is 1. The highest BCUT2D eigenvalue weighted by Gasteiger charge is 2.40. The predicted molar refractivity (Wildman–Crippen MR) is 147 cm³/mol. The molecule has 2 aliphatic rings. The summed E-state index contributed by atoms with van der Waals surface area (Å²) in [5, 5.41) is 0. The van der Waals surface area contributed by atoms with Crippen LogP contribution < -0.4 is 0 Å². The van der Waals surface area contributed by atoms with Gasteiger partial charge in [0, 0.05) is 28.6 Å². The third-order valence-corrected chi connectivity index (χ3v) is 6.42. The first-order chi connectivity index (χ1) is 18.2. The van der Waals surface area contributed by atoms with E-state index in [9.17, 15) is 8.63 Å². The largest absolute Gasteiger partial charge is 0.726 e. The molecule has 1 N–H and O–H groups in total. The fourth-order valence-corrected chi connectivity index (χ4v) is 4.13. The van der Waals surface area contributed by atoms with Crippen LogP contribution in [0.1, 0.15) is 47.5 Å². The monoisotopic (exact) mass is 505 g/mol. The minimum Gasteiger partial charge on any atom is -0.626 e. The molecule has 188 valence electrons. The van der Waals surface area contributed by atoms with Crippen LogP contribution in [-0.4, -0.2) is 17.8 Å². The zero-order valence-electron chi connectivity index (χ0n) is 21.4. The van der Waals surface area contributed by atoms with Gasteiger partial charge < -0.3 is 22.9 Å². The van der Waals surface area contributed by atoms with E-state index < -0.39 is 7.11 Å². The maximum Gasteiger partial charge on any atom is 0.726 e. The number of aryl methyl sites for hydroxylation is 1. The SMILES string of the molecule is CC1=N/C(=C2/C=C(c3[nH]c(C)c(C)c3C#Cc3ccccc3)O[B-](F)(F)O2)C(C#Cc2ccccc2)=C1C. The molecule has 0 atom stereocenters. The Bertz CT molecular complexity index is 1670. The molecule has 0 amide bonds. The molecule has 0 fully saturated rings. The van der Waals surface area contributed by atoms with Crippen LogP contribution in [0.15, 0.2) is 94.3 Å². The zero-order chi connectivity index (χ0) is 26.9. The second kappa shape index (κ2) is 9.96. The first kappa shape index (κ1) is 24.9. The molecule has 0 bridgehead atoms.